The Kier molecular flexibility index (Phi) is 5.01. The lowest BCUT2D eigenvalue weighted by Crippen LogP contribution is -2.41. The number of carbonyl (C=O) groups is 1. The SMILES string of the molecule is O=C(O)CCCCNCC1(O)CCOC1. The van der Waals surface area contributed by atoms with Crippen LogP contribution in [0.1, 0.15) is 25.7 Å². The highest BCUT2D eigenvalue weighted by molar-refractivity contribution is 5.66. The van der Waals surface area contributed by atoms with Gasteiger partial charge in [-0.25, -0.2) is 0 Å². The molecule has 0 radical (unpaired) electrons. The van der Waals surface area contributed by atoms with Crippen LogP contribution >= 0.6 is 0 Å². The van der Waals surface area contributed by atoms with Crippen LogP contribution in [-0.2, 0) is 9.53 Å². The maximum atomic E-state index is 10.2. The Morgan fingerprint density at radius 2 is 2.27 bits per heavy atom. The molecular formula is C10H19NO4. The minimum Gasteiger partial charge on any atom is -0.481 e. The van der Waals surface area contributed by atoms with Crippen molar-refractivity contribution >= 4 is 5.97 Å². The molecule has 88 valence electrons. The second kappa shape index (κ2) is 6.05. The van der Waals surface area contributed by atoms with Gasteiger partial charge in [0.2, 0.25) is 0 Å². The van der Waals surface area contributed by atoms with Gasteiger partial charge in [-0.1, -0.05) is 0 Å². The lowest BCUT2D eigenvalue weighted by Gasteiger charge is -2.20. The van der Waals surface area contributed by atoms with Crippen LogP contribution in [0.25, 0.3) is 0 Å². The number of carboxylic acids is 1. The summed E-state index contributed by atoms with van der Waals surface area (Å²) in [4.78, 5) is 10.2. The van der Waals surface area contributed by atoms with Crippen molar-refractivity contribution < 1.29 is 19.7 Å². The van der Waals surface area contributed by atoms with Crippen molar-refractivity contribution in [2.45, 2.75) is 31.3 Å². The van der Waals surface area contributed by atoms with E-state index in [1.807, 2.05) is 0 Å². The minimum atomic E-state index is -0.752. The normalized spacial score (nSPS) is 25.7. The molecule has 1 unspecified atom stereocenters. The zero-order valence-corrected chi connectivity index (χ0v) is 8.87. The zero-order chi connectivity index (χ0) is 11.1. The van der Waals surface area contributed by atoms with Gasteiger partial charge in [-0.2, -0.15) is 0 Å². The summed E-state index contributed by atoms with van der Waals surface area (Å²) in [5.74, 6) is -0.752. The Morgan fingerprint density at radius 1 is 1.47 bits per heavy atom. The van der Waals surface area contributed by atoms with Crippen molar-refractivity contribution in [3.8, 4) is 0 Å². The number of nitrogens with one attached hydrogen (secondary N) is 1. The topological polar surface area (TPSA) is 78.8 Å². The second-order valence-electron chi connectivity index (χ2n) is 4.05. The first-order valence-electron chi connectivity index (χ1n) is 5.35. The van der Waals surface area contributed by atoms with E-state index < -0.39 is 11.6 Å². The first-order valence-corrected chi connectivity index (χ1v) is 5.35. The van der Waals surface area contributed by atoms with E-state index >= 15 is 0 Å². The molecule has 1 aliphatic heterocycles. The molecule has 0 amide bonds. The van der Waals surface area contributed by atoms with Crippen molar-refractivity contribution in [2.75, 3.05) is 26.3 Å². The van der Waals surface area contributed by atoms with Crippen LogP contribution in [0.3, 0.4) is 0 Å². The van der Waals surface area contributed by atoms with E-state index in [9.17, 15) is 9.90 Å². The van der Waals surface area contributed by atoms with Gasteiger partial charge in [0.05, 0.1) is 6.61 Å². The summed E-state index contributed by atoms with van der Waals surface area (Å²) < 4.78 is 5.10. The summed E-state index contributed by atoms with van der Waals surface area (Å²) in [6.45, 7) is 2.29. The van der Waals surface area contributed by atoms with Crippen LogP contribution in [0.15, 0.2) is 0 Å². The molecule has 0 bridgehead atoms. The van der Waals surface area contributed by atoms with E-state index in [0.717, 1.165) is 13.0 Å². The Hall–Kier alpha value is -0.650. The highest BCUT2D eigenvalue weighted by atomic mass is 16.5. The molecule has 0 aromatic rings. The van der Waals surface area contributed by atoms with Crippen LogP contribution < -0.4 is 5.32 Å². The molecule has 5 nitrogen and oxygen atoms in total. The van der Waals surface area contributed by atoms with Crippen LogP contribution in [-0.4, -0.2) is 48.1 Å². The smallest absolute Gasteiger partial charge is 0.303 e. The lowest BCUT2D eigenvalue weighted by atomic mass is 10.0. The lowest BCUT2D eigenvalue weighted by molar-refractivity contribution is -0.137. The minimum absolute atomic E-state index is 0.217. The molecule has 3 N–H and O–H groups in total. The molecule has 1 atom stereocenters. The molecule has 1 saturated heterocycles. The Morgan fingerprint density at radius 3 is 2.87 bits per heavy atom. The highest BCUT2D eigenvalue weighted by Gasteiger charge is 2.31. The van der Waals surface area contributed by atoms with Crippen molar-refractivity contribution in [3.05, 3.63) is 0 Å². The van der Waals surface area contributed by atoms with Gasteiger partial charge in [-0.3, -0.25) is 4.79 Å². The van der Waals surface area contributed by atoms with Gasteiger partial charge in [-0.05, 0) is 19.4 Å². The molecular weight excluding hydrogens is 198 g/mol. The largest absolute Gasteiger partial charge is 0.481 e. The van der Waals surface area contributed by atoms with E-state index in [2.05, 4.69) is 5.32 Å². The Balaban J connectivity index is 1.94. The van der Waals surface area contributed by atoms with Crippen LogP contribution in [0.5, 0.6) is 0 Å². The number of aliphatic carboxylic acids is 1. The molecule has 1 rings (SSSR count). The maximum absolute atomic E-state index is 10.2. The summed E-state index contributed by atoms with van der Waals surface area (Å²) in [5, 5.41) is 21.4. The molecule has 0 aromatic carbocycles. The summed E-state index contributed by atoms with van der Waals surface area (Å²) >= 11 is 0. The van der Waals surface area contributed by atoms with Gasteiger partial charge in [0.15, 0.2) is 0 Å². The van der Waals surface area contributed by atoms with Crippen molar-refractivity contribution in [2.24, 2.45) is 0 Å². The fraction of sp³-hybridized carbons (Fsp3) is 0.900. The predicted octanol–water partition coefficient (Wildman–Crippen LogP) is -0.0177. The maximum Gasteiger partial charge on any atom is 0.303 e. The summed E-state index contributed by atoms with van der Waals surface area (Å²) in [7, 11) is 0. The van der Waals surface area contributed by atoms with Gasteiger partial charge >= 0.3 is 5.97 Å². The molecule has 0 saturated carbocycles. The summed E-state index contributed by atoms with van der Waals surface area (Å²) in [6, 6.07) is 0. The third-order valence-electron chi connectivity index (χ3n) is 2.53. The quantitative estimate of drug-likeness (QED) is 0.522. The number of unbranched alkanes of at least 4 members (excludes halogenated alkanes) is 1. The third-order valence-corrected chi connectivity index (χ3v) is 2.53. The van der Waals surface area contributed by atoms with Crippen molar-refractivity contribution in [1.82, 2.24) is 5.32 Å². The second-order valence-corrected chi connectivity index (χ2v) is 4.05. The standard InChI is InChI=1S/C10H19NO4/c12-9(13)3-1-2-5-11-7-10(14)4-6-15-8-10/h11,14H,1-8H2,(H,12,13). The van der Waals surface area contributed by atoms with E-state index in [1.165, 1.54) is 0 Å². The number of hydrogen-bond acceptors (Lipinski definition) is 4. The molecule has 5 heteroatoms. The first-order chi connectivity index (χ1) is 7.12. The van der Waals surface area contributed by atoms with Crippen molar-refractivity contribution in [1.29, 1.82) is 0 Å². The average molecular weight is 217 g/mol. The fourth-order valence-corrected chi connectivity index (χ4v) is 1.58. The van der Waals surface area contributed by atoms with E-state index in [1.54, 1.807) is 0 Å². The molecule has 1 heterocycles. The summed E-state index contributed by atoms with van der Waals surface area (Å²) in [6.07, 6.45) is 2.39. The van der Waals surface area contributed by atoms with Crippen LogP contribution in [0.4, 0.5) is 0 Å². The summed E-state index contributed by atoms with van der Waals surface area (Å²) in [5.41, 5.74) is -0.715. The first kappa shape index (κ1) is 12.4. The third kappa shape index (κ3) is 5.11. The fourth-order valence-electron chi connectivity index (χ4n) is 1.58. The molecule has 0 aliphatic carbocycles. The van der Waals surface area contributed by atoms with Crippen LogP contribution in [0, 0.1) is 0 Å². The van der Waals surface area contributed by atoms with E-state index in [-0.39, 0.29) is 6.42 Å². The van der Waals surface area contributed by atoms with Crippen molar-refractivity contribution in [3.63, 3.8) is 0 Å². The highest BCUT2D eigenvalue weighted by Crippen LogP contribution is 2.16. The van der Waals surface area contributed by atoms with Gasteiger partial charge in [0, 0.05) is 26.0 Å². The Bertz CT molecular complexity index is 202. The van der Waals surface area contributed by atoms with Crippen LogP contribution in [0.2, 0.25) is 0 Å². The monoisotopic (exact) mass is 217 g/mol. The van der Waals surface area contributed by atoms with Gasteiger partial charge in [-0.15, -0.1) is 0 Å². The molecule has 1 fully saturated rings. The van der Waals surface area contributed by atoms with Gasteiger partial charge < -0.3 is 20.3 Å². The predicted molar refractivity (Wildman–Crippen MR) is 54.7 cm³/mol. The zero-order valence-electron chi connectivity index (χ0n) is 8.87. The molecule has 1 aliphatic rings. The number of aliphatic hydroxyl groups is 1. The number of hydrogen-bond donors (Lipinski definition) is 3. The molecule has 0 aromatic heterocycles. The Labute approximate surface area is 89.4 Å². The van der Waals surface area contributed by atoms with Gasteiger partial charge in [0.1, 0.15) is 5.60 Å². The average Bonchev–Trinajstić information content (AvgIpc) is 2.58. The van der Waals surface area contributed by atoms with E-state index in [4.69, 9.17) is 9.84 Å². The number of rotatable bonds is 7. The van der Waals surface area contributed by atoms with Gasteiger partial charge in [0.25, 0.3) is 0 Å². The molecule has 15 heavy (non-hydrogen) atoms. The number of carboxylic acid groups (broad SMARTS) is 1. The number of ether oxygens (including phenoxy) is 1. The van der Waals surface area contributed by atoms with E-state index in [0.29, 0.717) is 32.6 Å². The molecule has 0 spiro atoms.